The second-order valence-corrected chi connectivity index (χ2v) is 8.73. The zero-order valence-electron chi connectivity index (χ0n) is 16.3. The number of thiazole rings is 1. The number of rotatable bonds is 4. The summed E-state index contributed by atoms with van der Waals surface area (Å²) >= 11 is 1.33. The van der Waals surface area contributed by atoms with E-state index in [9.17, 15) is 4.79 Å². The maximum atomic E-state index is 12.7. The van der Waals surface area contributed by atoms with Gasteiger partial charge in [-0.2, -0.15) is 5.26 Å². The molecule has 1 heterocycles. The van der Waals surface area contributed by atoms with Crippen LogP contribution in [0.2, 0.25) is 0 Å². The van der Waals surface area contributed by atoms with Gasteiger partial charge in [0.15, 0.2) is 5.01 Å². The number of amides is 1. The van der Waals surface area contributed by atoms with E-state index in [1.165, 1.54) is 33.6 Å². The smallest absolute Gasteiger partial charge is 0.225 e. The molecule has 0 unspecified atom stereocenters. The van der Waals surface area contributed by atoms with Gasteiger partial charge in [0.1, 0.15) is 6.07 Å². The first-order valence-electron chi connectivity index (χ1n) is 8.88. The van der Waals surface area contributed by atoms with E-state index >= 15 is 0 Å². The Kier molecular flexibility index (Phi) is 5.03. The maximum absolute atomic E-state index is 12.7. The summed E-state index contributed by atoms with van der Waals surface area (Å²) in [5.41, 5.74) is 6.16. The van der Waals surface area contributed by atoms with E-state index in [-0.39, 0.29) is 11.3 Å². The largest absolute Gasteiger partial charge is 0.326 e. The van der Waals surface area contributed by atoms with Crippen LogP contribution in [-0.4, -0.2) is 10.9 Å². The van der Waals surface area contributed by atoms with Gasteiger partial charge in [-0.15, -0.1) is 11.3 Å². The van der Waals surface area contributed by atoms with Crippen LogP contribution in [0.25, 0.3) is 10.2 Å². The Hall–Kier alpha value is -2.71. The Bertz CT molecular complexity index is 1050. The number of nitrogens with one attached hydrogen (secondary N) is 1. The number of fused-ring (bicyclic) bond motifs is 1. The third-order valence-corrected chi connectivity index (χ3v) is 5.65. The Morgan fingerprint density at radius 1 is 1.19 bits per heavy atom. The van der Waals surface area contributed by atoms with Crippen molar-refractivity contribution in [3.8, 4) is 6.07 Å². The quantitative estimate of drug-likeness (QED) is 0.662. The zero-order chi connectivity index (χ0) is 19.8. The number of aromatic nitrogens is 1. The third-order valence-electron chi connectivity index (χ3n) is 4.72. The number of hydrogen-bond donors (Lipinski definition) is 1. The van der Waals surface area contributed by atoms with Crippen LogP contribution in [-0.2, 0) is 10.2 Å². The van der Waals surface area contributed by atoms with E-state index in [2.05, 4.69) is 63.1 Å². The summed E-state index contributed by atoms with van der Waals surface area (Å²) in [6.07, 6.45) is 0.391. The van der Waals surface area contributed by atoms with Crippen molar-refractivity contribution in [1.82, 2.24) is 4.98 Å². The molecule has 0 aliphatic heterocycles. The lowest BCUT2D eigenvalue weighted by Crippen LogP contribution is -2.27. The fourth-order valence-electron chi connectivity index (χ4n) is 3.99. The monoisotopic (exact) mass is 377 g/mol. The SMILES string of the molecule is Cc1cc(C)c(C(C)(C)CC(=O)Nc2ccc3nc(C#N)sc3c2)c(C)c1. The number of carbonyl (C=O) groups excluding carboxylic acids is 1. The highest BCUT2D eigenvalue weighted by Gasteiger charge is 2.27. The number of aryl methyl sites for hydroxylation is 3. The number of nitrogens with zero attached hydrogens (tertiary/aromatic N) is 2. The molecule has 2 aromatic carbocycles. The van der Waals surface area contributed by atoms with Crippen LogP contribution in [0, 0.1) is 32.1 Å². The van der Waals surface area contributed by atoms with Gasteiger partial charge in [0, 0.05) is 12.1 Å². The van der Waals surface area contributed by atoms with Crippen LogP contribution in [0.1, 0.15) is 47.5 Å². The van der Waals surface area contributed by atoms with Crippen LogP contribution in [0.4, 0.5) is 5.69 Å². The summed E-state index contributed by atoms with van der Waals surface area (Å²) in [6.45, 7) is 10.5. The van der Waals surface area contributed by atoms with Crippen LogP contribution < -0.4 is 5.32 Å². The molecule has 1 aromatic heterocycles. The van der Waals surface area contributed by atoms with Crippen molar-refractivity contribution in [2.75, 3.05) is 5.32 Å². The lowest BCUT2D eigenvalue weighted by Gasteiger charge is -2.29. The van der Waals surface area contributed by atoms with Crippen LogP contribution >= 0.6 is 11.3 Å². The fraction of sp³-hybridized carbons (Fsp3) is 0.318. The summed E-state index contributed by atoms with van der Waals surface area (Å²) in [7, 11) is 0. The molecule has 138 valence electrons. The molecule has 3 rings (SSSR count). The molecule has 0 spiro atoms. The molecular formula is C22H23N3OS. The molecule has 0 bridgehead atoms. The van der Waals surface area contributed by atoms with Crippen molar-refractivity contribution in [3.05, 3.63) is 57.6 Å². The Morgan fingerprint density at radius 2 is 1.85 bits per heavy atom. The second-order valence-electron chi connectivity index (χ2n) is 7.70. The van der Waals surface area contributed by atoms with Gasteiger partial charge in [0.25, 0.3) is 0 Å². The first kappa shape index (κ1) is 19.1. The molecule has 4 nitrogen and oxygen atoms in total. The Labute approximate surface area is 163 Å². The van der Waals surface area contributed by atoms with Crippen molar-refractivity contribution >= 4 is 33.1 Å². The molecule has 3 aromatic rings. The highest BCUT2D eigenvalue weighted by Crippen LogP contribution is 2.34. The molecule has 0 saturated heterocycles. The van der Waals surface area contributed by atoms with Gasteiger partial charge < -0.3 is 5.32 Å². The molecule has 27 heavy (non-hydrogen) atoms. The number of hydrogen-bond acceptors (Lipinski definition) is 4. The Balaban J connectivity index is 1.80. The van der Waals surface area contributed by atoms with E-state index in [1.807, 2.05) is 18.2 Å². The molecule has 0 radical (unpaired) electrons. The minimum absolute atomic E-state index is 0.0243. The van der Waals surface area contributed by atoms with Gasteiger partial charge in [-0.05, 0) is 61.1 Å². The molecular weight excluding hydrogens is 354 g/mol. The summed E-state index contributed by atoms with van der Waals surface area (Å²) < 4.78 is 0.897. The predicted octanol–water partition coefficient (Wildman–Crippen LogP) is 5.40. The average Bonchev–Trinajstić information content (AvgIpc) is 2.95. The normalized spacial score (nSPS) is 11.4. The van der Waals surface area contributed by atoms with Crippen LogP contribution in [0.3, 0.4) is 0 Å². The van der Waals surface area contributed by atoms with Gasteiger partial charge in [0.2, 0.25) is 5.91 Å². The summed E-state index contributed by atoms with van der Waals surface area (Å²) in [5.74, 6) is -0.0243. The van der Waals surface area contributed by atoms with Crippen molar-refractivity contribution in [1.29, 1.82) is 5.26 Å². The second kappa shape index (κ2) is 7.13. The lowest BCUT2D eigenvalue weighted by molar-refractivity contribution is -0.117. The summed E-state index contributed by atoms with van der Waals surface area (Å²) in [4.78, 5) is 16.9. The minimum atomic E-state index is -0.269. The molecule has 0 saturated carbocycles. The zero-order valence-corrected chi connectivity index (χ0v) is 17.1. The number of benzene rings is 2. The lowest BCUT2D eigenvalue weighted by atomic mass is 9.76. The number of carbonyl (C=O) groups is 1. The molecule has 0 aliphatic rings. The predicted molar refractivity (Wildman–Crippen MR) is 111 cm³/mol. The van der Waals surface area contributed by atoms with Crippen molar-refractivity contribution in [2.24, 2.45) is 0 Å². The summed E-state index contributed by atoms with van der Waals surface area (Å²) in [5, 5.41) is 12.4. The summed E-state index contributed by atoms with van der Waals surface area (Å²) in [6, 6.07) is 11.9. The van der Waals surface area contributed by atoms with Gasteiger partial charge in [-0.25, -0.2) is 4.98 Å². The topological polar surface area (TPSA) is 65.8 Å². The van der Waals surface area contributed by atoms with E-state index in [4.69, 9.17) is 5.26 Å². The van der Waals surface area contributed by atoms with Crippen LogP contribution in [0.5, 0.6) is 0 Å². The van der Waals surface area contributed by atoms with E-state index in [0.717, 1.165) is 15.9 Å². The van der Waals surface area contributed by atoms with Crippen molar-refractivity contribution < 1.29 is 4.79 Å². The van der Waals surface area contributed by atoms with Gasteiger partial charge in [-0.3, -0.25) is 4.79 Å². The molecule has 5 heteroatoms. The fourth-order valence-corrected chi connectivity index (χ4v) is 4.79. The van der Waals surface area contributed by atoms with E-state index < -0.39 is 0 Å². The third kappa shape index (κ3) is 4.01. The molecule has 0 fully saturated rings. The molecule has 0 atom stereocenters. The Morgan fingerprint density at radius 3 is 2.48 bits per heavy atom. The highest BCUT2D eigenvalue weighted by atomic mass is 32.1. The van der Waals surface area contributed by atoms with Crippen molar-refractivity contribution in [2.45, 2.75) is 46.5 Å². The number of nitriles is 1. The molecule has 1 N–H and O–H groups in total. The average molecular weight is 378 g/mol. The van der Waals surface area contributed by atoms with E-state index in [1.54, 1.807) is 0 Å². The highest BCUT2D eigenvalue weighted by molar-refractivity contribution is 7.19. The van der Waals surface area contributed by atoms with Crippen molar-refractivity contribution in [3.63, 3.8) is 0 Å². The minimum Gasteiger partial charge on any atom is -0.326 e. The maximum Gasteiger partial charge on any atom is 0.225 e. The van der Waals surface area contributed by atoms with Gasteiger partial charge >= 0.3 is 0 Å². The van der Waals surface area contributed by atoms with Gasteiger partial charge in [-0.1, -0.05) is 31.5 Å². The molecule has 1 amide bonds. The van der Waals surface area contributed by atoms with Gasteiger partial charge in [0.05, 0.1) is 10.2 Å². The number of anilines is 1. The first-order chi connectivity index (χ1) is 12.7. The van der Waals surface area contributed by atoms with Crippen LogP contribution in [0.15, 0.2) is 30.3 Å². The standard InChI is InChI=1S/C22H23N3OS/c1-13-8-14(2)21(15(3)9-13)22(4,5)11-19(26)24-16-6-7-17-18(10-16)27-20(12-23)25-17/h6-10H,11H2,1-5H3,(H,24,26). The van der Waals surface area contributed by atoms with E-state index in [0.29, 0.717) is 11.4 Å². The first-order valence-corrected chi connectivity index (χ1v) is 9.70. The molecule has 0 aliphatic carbocycles.